The standard InChI is InChI=1S/C95H136F6N22O25/c1-93(2)87(132)70-14-15-71(112-88(70)123(93)55-65-10-7-20-103-72(65)52-102)66-53-109-91(110-54-66)119-28-29-122-69(57-119)58-120(92(122)133)26-9-31-135-37-41-138-40-36-134-30-8-21-104-79(124)13-6-11-67-56-121(118-117-67)27-5-3-4-12-82(127)111-68(59-143-32-18-80(125)105-24-34-136-38-42-139-44-46-141-48-50-145-63-75-85(130)83(128)73(61-147-75)113-89-107-22-16-77(115-89)94(96,97)98)60-144-33-19-81(126)106-25-35-137-39-43-140-45-47-142-49-51-146-64-76-86(131)84(129)74(62-148-76)114-90-108-23-17-78(116-90)95(99,100)101/h7,10,14-17,20,22-23,53-54,56,68-69,73-76,83-86,128-131H,3-6,8-9,11-13,18-19,21,24-51,55,57-64H2,1-2H3,(H,104,124)(H,105,125)(H,106,126)(H,111,127)(H,107,113,115)(H,108,114,116)/t69-,73-,74-,75+,76+,83+,84+,85-,86-/m0/s1. The molecule has 0 aromatic carbocycles. The van der Waals surface area contributed by atoms with Crippen molar-refractivity contribution < 1.29 is 147 Å². The van der Waals surface area contributed by atoms with Crippen LogP contribution in [0.5, 0.6) is 0 Å². The van der Waals surface area contributed by atoms with Crippen LogP contribution in [0.2, 0.25) is 0 Å². The number of hydrogen-bond donors (Lipinski definition) is 10. The topological polar surface area (TPSA) is 565 Å². The summed E-state index contributed by atoms with van der Waals surface area (Å²) in [6, 6.07) is 8.14. The van der Waals surface area contributed by atoms with Crippen molar-refractivity contribution in [1.29, 1.82) is 5.26 Å². The number of alkyl halides is 6. The number of amides is 6. The van der Waals surface area contributed by atoms with E-state index >= 15 is 0 Å². The van der Waals surface area contributed by atoms with Crippen molar-refractivity contribution in [3.8, 4) is 17.3 Å². The minimum absolute atomic E-state index is 0.00875. The third-order valence-corrected chi connectivity index (χ3v) is 24.2. The number of piperazine rings is 1. The lowest BCUT2D eigenvalue weighted by atomic mass is 9.97. The number of ether oxygens (including phenoxy) is 15. The van der Waals surface area contributed by atoms with Gasteiger partial charge in [0.25, 0.3) is 0 Å². The Morgan fingerprint density at radius 2 is 1.04 bits per heavy atom. The number of carbonyl (C=O) groups is 6. The van der Waals surface area contributed by atoms with Gasteiger partial charge in [-0.3, -0.25) is 28.7 Å². The summed E-state index contributed by atoms with van der Waals surface area (Å²) < 4.78 is 165. The number of ketones is 1. The number of aromatic nitrogens is 11. The molecule has 11 rings (SSSR count). The molecule has 0 bridgehead atoms. The number of fused-ring (bicyclic) bond motifs is 2. The molecule has 0 aliphatic carbocycles. The summed E-state index contributed by atoms with van der Waals surface area (Å²) in [7, 11) is 0. The number of halogens is 6. The van der Waals surface area contributed by atoms with E-state index in [-0.39, 0.29) is 238 Å². The van der Waals surface area contributed by atoms with Crippen LogP contribution in [0.15, 0.2) is 73.6 Å². The van der Waals surface area contributed by atoms with Crippen LogP contribution < -0.4 is 41.7 Å². The quantitative estimate of drug-likeness (QED) is 0.0193. The lowest BCUT2D eigenvalue weighted by molar-refractivity contribution is -0.161. The first-order valence-corrected chi connectivity index (χ1v) is 49.7. The monoisotopic (exact) mass is 2100 g/mol. The average molecular weight is 2100 g/mol. The highest BCUT2D eigenvalue weighted by atomic mass is 19.4. The van der Waals surface area contributed by atoms with Gasteiger partial charge in [0, 0.05) is 153 Å². The normalized spacial score (nSPS) is 19.3. The summed E-state index contributed by atoms with van der Waals surface area (Å²) >= 11 is 0. The van der Waals surface area contributed by atoms with Crippen molar-refractivity contribution in [2.45, 2.75) is 176 Å². The summed E-state index contributed by atoms with van der Waals surface area (Å²) in [6.07, 6.45) is -3.17. The maximum absolute atomic E-state index is 13.5. The molecule has 0 radical (unpaired) electrons. The van der Waals surface area contributed by atoms with Gasteiger partial charge in [-0.1, -0.05) is 17.7 Å². The van der Waals surface area contributed by atoms with Gasteiger partial charge < -0.3 is 143 Å². The third kappa shape index (κ3) is 39.4. The van der Waals surface area contributed by atoms with Crippen molar-refractivity contribution in [1.82, 2.24) is 85.9 Å². The van der Waals surface area contributed by atoms with E-state index in [9.17, 15) is 80.8 Å². The smallest absolute Gasteiger partial charge is 0.388 e. The van der Waals surface area contributed by atoms with Crippen LogP contribution in [0.4, 0.5) is 54.8 Å². The molecule has 6 aromatic heterocycles. The molecule has 5 aliphatic rings. The minimum atomic E-state index is -4.69. The van der Waals surface area contributed by atoms with Crippen LogP contribution >= 0.6 is 0 Å². The molecule has 10 N–H and O–H groups in total. The van der Waals surface area contributed by atoms with Crippen LogP contribution in [0.3, 0.4) is 0 Å². The van der Waals surface area contributed by atoms with E-state index < -0.39 is 84.0 Å². The van der Waals surface area contributed by atoms with Crippen molar-refractivity contribution in [3.05, 3.63) is 107 Å². The van der Waals surface area contributed by atoms with Crippen LogP contribution in [0.25, 0.3) is 11.3 Å². The SMILES string of the molecule is CC1(C)C(=O)c2ccc(-c3cnc(N4CCN5C(=O)N(CCCOCCOCCOCCCNC(=O)CCCc6cn(CCCCCC(=O)NC(COCCC(=O)NCCOCCOCCOCCOC[C@H]7OC[C@H](Nc8nccc(C(F)(F)F)n8)[C@@H](O)[C@H]7O)COCCC(=O)NCCOCCOCCOCCOC[C@H]7OC[C@H](Nc8nccc(C(F)(F)F)n8)[C@@H](O)[C@H]7O)nn6)C[C@@H]5C4)nc3)nc2N1Cc1cccnc1C#N. The molecule has 6 aromatic rings. The highest BCUT2D eigenvalue weighted by Crippen LogP contribution is 2.41. The predicted octanol–water partition coefficient (Wildman–Crippen LogP) is 2.32. The lowest BCUT2D eigenvalue weighted by Crippen LogP contribution is -2.57. The molecule has 0 saturated carbocycles. The maximum atomic E-state index is 13.5. The second kappa shape index (κ2) is 62.6. The zero-order valence-electron chi connectivity index (χ0n) is 83.1. The van der Waals surface area contributed by atoms with E-state index in [2.05, 4.69) is 78.1 Å². The van der Waals surface area contributed by atoms with Crippen molar-refractivity contribution in [3.63, 3.8) is 0 Å². The Balaban J connectivity index is 0.478. The van der Waals surface area contributed by atoms with Gasteiger partial charge in [0.15, 0.2) is 5.78 Å². The number of urea groups is 1. The fourth-order valence-electron chi connectivity index (χ4n) is 16.1. The number of aliphatic hydroxyl groups is 4. The molecule has 4 saturated heterocycles. The van der Waals surface area contributed by atoms with Gasteiger partial charge >= 0.3 is 18.4 Å². The largest absolute Gasteiger partial charge is 0.433 e. The Hall–Kier alpha value is -11.0. The highest BCUT2D eigenvalue weighted by Gasteiger charge is 2.47. The number of carbonyl (C=O) groups excluding carboxylic acids is 6. The minimum Gasteiger partial charge on any atom is -0.388 e. The van der Waals surface area contributed by atoms with Crippen molar-refractivity contribution in [2.75, 3.05) is 258 Å². The number of anilines is 4. The molecule has 5 aliphatic heterocycles. The fourth-order valence-corrected chi connectivity index (χ4v) is 16.1. The van der Waals surface area contributed by atoms with Gasteiger partial charge in [-0.15, -0.1) is 5.10 Å². The Morgan fingerprint density at radius 3 is 1.59 bits per heavy atom. The van der Waals surface area contributed by atoms with Crippen LogP contribution in [-0.4, -0.2) is 424 Å². The molecule has 9 atom stereocenters. The van der Waals surface area contributed by atoms with Gasteiger partial charge in [-0.2, -0.15) is 31.6 Å². The number of rotatable bonds is 71. The van der Waals surface area contributed by atoms with Gasteiger partial charge in [0.1, 0.15) is 65.6 Å². The van der Waals surface area contributed by atoms with E-state index in [0.717, 1.165) is 24.5 Å². The van der Waals surface area contributed by atoms with Crippen molar-refractivity contribution >= 4 is 59.1 Å². The molecule has 4 fully saturated rings. The van der Waals surface area contributed by atoms with Gasteiger partial charge in [0.2, 0.25) is 41.5 Å². The Labute approximate surface area is 852 Å². The second-order valence-electron chi connectivity index (χ2n) is 35.7. The number of nitriles is 1. The highest BCUT2D eigenvalue weighted by molar-refractivity contribution is 6.13. The summed E-state index contributed by atoms with van der Waals surface area (Å²) in [4.78, 5) is 119. The van der Waals surface area contributed by atoms with Crippen LogP contribution in [0, 0.1) is 11.3 Å². The Bertz CT molecular complexity index is 4900. The molecule has 148 heavy (non-hydrogen) atoms. The fraction of sp³-hybridized carbons (Fsp3) is 0.674. The van der Waals surface area contributed by atoms with E-state index in [1.807, 2.05) is 40.8 Å². The molecule has 11 heterocycles. The number of unbranched alkanes of at least 4 members (excludes halogenated alkanes) is 2. The molecule has 0 unspecified atom stereocenters. The summed E-state index contributed by atoms with van der Waals surface area (Å²) in [5.74, 6) is -0.649. The summed E-state index contributed by atoms with van der Waals surface area (Å²) in [5.41, 5.74) is 0.303. The number of aliphatic hydroxyl groups excluding tert-OH is 4. The van der Waals surface area contributed by atoms with Crippen LogP contribution in [-0.2, 0) is 122 Å². The number of nitrogens with one attached hydrogen (secondary N) is 6. The predicted molar refractivity (Wildman–Crippen MR) is 512 cm³/mol. The van der Waals surface area contributed by atoms with E-state index in [1.54, 1.807) is 41.5 Å². The first kappa shape index (κ1) is 117. The van der Waals surface area contributed by atoms with Gasteiger partial charge in [-0.05, 0) is 82.7 Å². The van der Waals surface area contributed by atoms with Crippen molar-refractivity contribution in [2.24, 2.45) is 0 Å². The number of pyridine rings is 2. The third-order valence-electron chi connectivity index (χ3n) is 24.2. The number of hydrogen-bond acceptors (Lipinski definition) is 40. The molecular formula is C95H136F6N22O25. The molecule has 818 valence electrons. The van der Waals surface area contributed by atoms with Crippen LogP contribution in [0.1, 0.15) is 117 Å². The number of aryl methyl sites for hydroxylation is 2. The molecular weight excluding hydrogens is 1960 g/mol. The van der Waals surface area contributed by atoms with E-state index in [4.69, 9.17) is 86.0 Å². The maximum Gasteiger partial charge on any atom is 0.433 e. The Morgan fingerprint density at radius 1 is 0.527 bits per heavy atom. The molecule has 6 amide bonds. The Kier molecular flexibility index (Phi) is 49.6. The molecule has 53 heteroatoms. The molecule has 0 spiro atoms. The van der Waals surface area contributed by atoms with E-state index in [0.29, 0.717) is 182 Å². The zero-order chi connectivity index (χ0) is 105. The van der Waals surface area contributed by atoms with Gasteiger partial charge in [-0.25, -0.2) is 44.7 Å². The first-order chi connectivity index (χ1) is 71.6. The number of Topliss-reactive ketones (excluding diaryl/α,β-unsaturated/α-hetero) is 1. The lowest BCUT2D eigenvalue weighted by Gasteiger charge is -2.37. The first-order valence-electron chi connectivity index (χ1n) is 49.7. The van der Waals surface area contributed by atoms with E-state index in [1.165, 1.54) is 0 Å². The summed E-state index contributed by atoms with van der Waals surface area (Å²) in [5, 5.41) is 77.1. The molecule has 47 nitrogen and oxygen atoms in total. The zero-order valence-corrected chi connectivity index (χ0v) is 83.1. The number of nitrogens with zero attached hydrogens (tertiary/aromatic N) is 16. The average Bonchev–Trinajstić information content (AvgIpc) is 1.59. The van der Waals surface area contributed by atoms with Gasteiger partial charge in [0.05, 0.1) is 218 Å². The summed E-state index contributed by atoms with van der Waals surface area (Å²) in [6.45, 7) is 13.4. The second-order valence-corrected chi connectivity index (χ2v) is 35.7.